The van der Waals surface area contributed by atoms with E-state index in [0.29, 0.717) is 28.9 Å². The number of allylic oxidation sites excluding steroid dienone is 3. The third-order valence-corrected chi connectivity index (χ3v) is 7.51. The van der Waals surface area contributed by atoms with Crippen LogP contribution >= 0.6 is 0 Å². The van der Waals surface area contributed by atoms with Crippen molar-refractivity contribution >= 4 is 0 Å². The summed E-state index contributed by atoms with van der Waals surface area (Å²) in [4.78, 5) is 0. The van der Waals surface area contributed by atoms with Crippen LogP contribution in [-0.4, -0.2) is 6.61 Å². The largest absolute Gasteiger partial charge is 0.486 e. The summed E-state index contributed by atoms with van der Waals surface area (Å²) in [7, 11) is 0. The summed E-state index contributed by atoms with van der Waals surface area (Å²) in [6.45, 7) is 4.20. The summed E-state index contributed by atoms with van der Waals surface area (Å²) in [6.07, 6.45) is 14.5. The van der Waals surface area contributed by atoms with Crippen molar-refractivity contribution in [3.8, 4) is 17.6 Å². The lowest BCUT2D eigenvalue weighted by Crippen LogP contribution is -2.30. The molecule has 0 saturated heterocycles. The number of rotatable bonds is 5. The Morgan fingerprint density at radius 2 is 1.69 bits per heavy atom. The standard InChI is InChI=1S/C31H33F3O/c1-3-5-17-35-29-16-9-22(19-28(29)32)7-10-23-14-15-27(31(34)30(23)33)26-13-12-24-18-21(6-4-2)8-11-25(24)20-26/h3-6,9,14-16,19,21,24-26H,8,11-13,17-18,20H2,1-2H3/b5-3+,6-4+. The van der Waals surface area contributed by atoms with E-state index in [0.717, 1.165) is 19.3 Å². The number of benzene rings is 2. The highest BCUT2D eigenvalue weighted by Crippen LogP contribution is 2.48. The van der Waals surface area contributed by atoms with Crippen LogP contribution in [0.25, 0.3) is 0 Å². The Morgan fingerprint density at radius 1 is 0.886 bits per heavy atom. The van der Waals surface area contributed by atoms with Gasteiger partial charge in [-0.05, 0) is 106 Å². The minimum atomic E-state index is -0.916. The molecule has 0 spiro atoms. The van der Waals surface area contributed by atoms with Gasteiger partial charge in [-0.2, -0.15) is 0 Å². The molecular weight excluding hydrogens is 445 g/mol. The number of fused-ring (bicyclic) bond motifs is 1. The molecule has 2 aromatic carbocycles. The maximum Gasteiger partial charge on any atom is 0.174 e. The fourth-order valence-corrected chi connectivity index (χ4v) is 5.70. The molecule has 1 nitrogen and oxygen atoms in total. The van der Waals surface area contributed by atoms with Crippen molar-refractivity contribution in [2.45, 2.75) is 58.3 Å². The fraction of sp³-hybridized carbons (Fsp3) is 0.419. The molecule has 4 heteroatoms. The van der Waals surface area contributed by atoms with Crippen LogP contribution in [0, 0.1) is 47.0 Å². The van der Waals surface area contributed by atoms with Gasteiger partial charge in [0.25, 0.3) is 0 Å². The first-order chi connectivity index (χ1) is 17.0. The summed E-state index contributed by atoms with van der Waals surface area (Å²) in [5.41, 5.74) is 0.827. The maximum absolute atomic E-state index is 15.1. The Hall–Kier alpha value is -2.93. The van der Waals surface area contributed by atoms with E-state index in [1.54, 1.807) is 24.3 Å². The van der Waals surface area contributed by atoms with E-state index in [2.05, 4.69) is 30.9 Å². The zero-order chi connectivity index (χ0) is 24.8. The Kier molecular flexibility index (Phi) is 8.39. The molecule has 0 aromatic heterocycles. The van der Waals surface area contributed by atoms with E-state index in [1.165, 1.54) is 31.4 Å². The van der Waals surface area contributed by atoms with Crippen molar-refractivity contribution in [1.82, 2.24) is 0 Å². The van der Waals surface area contributed by atoms with Gasteiger partial charge >= 0.3 is 0 Å². The highest BCUT2D eigenvalue weighted by molar-refractivity contribution is 5.46. The number of hydrogen-bond acceptors (Lipinski definition) is 1. The minimum absolute atomic E-state index is 0.0133. The van der Waals surface area contributed by atoms with Gasteiger partial charge in [0, 0.05) is 5.56 Å². The third kappa shape index (κ3) is 6.01. The van der Waals surface area contributed by atoms with E-state index in [-0.39, 0.29) is 23.8 Å². The Balaban J connectivity index is 1.45. The molecule has 2 saturated carbocycles. The lowest BCUT2D eigenvalue weighted by molar-refractivity contribution is 0.132. The lowest BCUT2D eigenvalue weighted by atomic mass is 9.64. The van der Waals surface area contributed by atoms with Crippen LogP contribution in [0.1, 0.15) is 75.0 Å². The molecule has 2 aliphatic rings. The van der Waals surface area contributed by atoms with Gasteiger partial charge in [0.15, 0.2) is 23.2 Å². The van der Waals surface area contributed by atoms with Crippen LogP contribution in [0.3, 0.4) is 0 Å². The summed E-state index contributed by atoms with van der Waals surface area (Å²) < 4.78 is 49.6. The average molecular weight is 479 g/mol. The molecule has 35 heavy (non-hydrogen) atoms. The number of hydrogen-bond donors (Lipinski definition) is 0. The van der Waals surface area contributed by atoms with Gasteiger partial charge < -0.3 is 4.74 Å². The summed E-state index contributed by atoms with van der Waals surface area (Å²) in [5, 5.41) is 0. The molecule has 0 heterocycles. The second-order valence-electron chi connectivity index (χ2n) is 9.73. The van der Waals surface area contributed by atoms with Crippen LogP contribution in [0.15, 0.2) is 54.6 Å². The number of halogens is 3. The van der Waals surface area contributed by atoms with E-state index >= 15 is 4.39 Å². The van der Waals surface area contributed by atoms with Crippen LogP contribution in [0.4, 0.5) is 13.2 Å². The monoisotopic (exact) mass is 478 g/mol. The molecule has 2 fully saturated rings. The van der Waals surface area contributed by atoms with Crippen LogP contribution < -0.4 is 4.74 Å². The van der Waals surface area contributed by atoms with Crippen molar-refractivity contribution in [2.24, 2.45) is 17.8 Å². The second kappa shape index (κ2) is 11.7. The molecule has 0 radical (unpaired) electrons. The van der Waals surface area contributed by atoms with Gasteiger partial charge in [0.05, 0.1) is 5.56 Å². The zero-order valence-corrected chi connectivity index (χ0v) is 20.5. The minimum Gasteiger partial charge on any atom is -0.486 e. The smallest absolute Gasteiger partial charge is 0.174 e. The molecular formula is C31H33F3O. The fourth-order valence-electron chi connectivity index (χ4n) is 5.70. The van der Waals surface area contributed by atoms with Crippen LogP contribution in [0.2, 0.25) is 0 Å². The molecule has 0 N–H and O–H groups in total. The lowest BCUT2D eigenvalue weighted by Gasteiger charge is -2.41. The van der Waals surface area contributed by atoms with Gasteiger partial charge in [-0.3, -0.25) is 0 Å². The average Bonchev–Trinajstić information content (AvgIpc) is 2.86. The topological polar surface area (TPSA) is 9.23 Å². The van der Waals surface area contributed by atoms with Gasteiger partial charge in [-0.15, -0.1) is 0 Å². The first-order valence-electron chi connectivity index (χ1n) is 12.7. The third-order valence-electron chi connectivity index (χ3n) is 7.51. The predicted molar refractivity (Wildman–Crippen MR) is 135 cm³/mol. The van der Waals surface area contributed by atoms with Crippen LogP contribution in [-0.2, 0) is 0 Å². The van der Waals surface area contributed by atoms with Gasteiger partial charge in [0.2, 0.25) is 0 Å². The summed E-state index contributed by atoms with van der Waals surface area (Å²) in [6, 6.07) is 7.58. The molecule has 184 valence electrons. The van der Waals surface area contributed by atoms with E-state index in [9.17, 15) is 8.78 Å². The first kappa shape index (κ1) is 25.2. The highest BCUT2D eigenvalue weighted by Gasteiger charge is 2.36. The normalized spacial score (nSPS) is 24.3. The number of ether oxygens (including phenoxy) is 1. The second-order valence-corrected chi connectivity index (χ2v) is 9.73. The highest BCUT2D eigenvalue weighted by atomic mass is 19.2. The van der Waals surface area contributed by atoms with Gasteiger partial charge in [-0.1, -0.05) is 42.2 Å². The Morgan fingerprint density at radius 3 is 2.46 bits per heavy atom. The molecule has 4 rings (SSSR count). The Labute approximate surface area is 207 Å². The molecule has 2 aromatic rings. The predicted octanol–water partition coefficient (Wildman–Crippen LogP) is 8.33. The summed E-state index contributed by atoms with van der Waals surface area (Å²) >= 11 is 0. The van der Waals surface area contributed by atoms with Crippen molar-refractivity contribution in [3.05, 3.63) is 88.8 Å². The quantitative estimate of drug-likeness (QED) is 0.310. The van der Waals surface area contributed by atoms with E-state index in [4.69, 9.17) is 4.74 Å². The van der Waals surface area contributed by atoms with Crippen molar-refractivity contribution < 1.29 is 17.9 Å². The van der Waals surface area contributed by atoms with Crippen molar-refractivity contribution in [2.75, 3.05) is 6.61 Å². The molecule has 4 atom stereocenters. The molecule has 4 unspecified atom stereocenters. The molecule has 2 aliphatic carbocycles. The Bertz CT molecular complexity index is 1150. The molecule has 0 amide bonds. The first-order valence-corrected chi connectivity index (χ1v) is 12.7. The van der Waals surface area contributed by atoms with E-state index in [1.807, 2.05) is 13.0 Å². The van der Waals surface area contributed by atoms with Crippen LogP contribution in [0.5, 0.6) is 5.75 Å². The molecule has 0 aliphatic heterocycles. The zero-order valence-electron chi connectivity index (χ0n) is 20.5. The SMILES string of the molecule is C/C=C/COc1ccc(C#Cc2ccc(C3CCC4CC(/C=C/C)CCC4C3)c(F)c2F)cc1F. The van der Waals surface area contributed by atoms with Crippen molar-refractivity contribution in [3.63, 3.8) is 0 Å². The van der Waals surface area contributed by atoms with Crippen molar-refractivity contribution in [1.29, 1.82) is 0 Å². The van der Waals surface area contributed by atoms with Gasteiger partial charge in [-0.25, -0.2) is 13.2 Å². The van der Waals surface area contributed by atoms with Gasteiger partial charge in [0.1, 0.15) is 6.61 Å². The van der Waals surface area contributed by atoms with E-state index < -0.39 is 17.5 Å². The maximum atomic E-state index is 15.1. The summed E-state index contributed by atoms with van der Waals surface area (Å²) in [5.74, 6) is 5.30. The molecule has 0 bridgehead atoms.